The van der Waals surface area contributed by atoms with Crippen molar-refractivity contribution in [1.29, 1.82) is 0 Å². The molecule has 0 saturated carbocycles. The van der Waals surface area contributed by atoms with E-state index in [1.54, 1.807) is 48.5 Å². The molecule has 1 N–H and O–H groups in total. The van der Waals surface area contributed by atoms with Crippen LogP contribution in [-0.4, -0.2) is 11.8 Å². The Morgan fingerprint density at radius 1 is 0.793 bits per heavy atom. The summed E-state index contributed by atoms with van der Waals surface area (Å²) in [4.78, 5) is 27.5. The predicted molar refractivity (Wildman–Crippen MR) is 112 cm³/mol. The van der Waals surface area contributed by atoms with Gasteiger partial charge in [-0.15, -0.1) is 0 Å². The number of hydrogen-bond acceptors (Lipinski definition) is 3. The normalized spacial score (nSPS) is 14.0. The third-order valence-electron chi connectivity index (χ3n) is 4.38. The van der Waals surface area contributed by atoms with Gasteiger partial charge in [0.05, 0.1) is 11.3 Å². The number of nitrogens with one attached hydrogen (secondary N) is 1. The van der Waals surface area contributed by atoms with Crippen molar-refractivity contribution in [3.8, 4) is 0 Å². The molecule has 0 radical (unpaired) electrons. The van der Waals surface area contributed by atoms with Gasteiger partial charge < -0.3 is 5.32 Å². The van der Waals surface area contributed by atoms with Crippen molar-refractivity contribution in [2.45, 2.75) is 0 Å². The molecule has 3 aromatic rings. The molecule has 144 valence electrons. The molecule has 0 aromatic heterocycles. The third kappa shape index (κ3) is 3.75. The van der Waals surface area contributed by atoms with E-state index in [1.165, 1.54) is 24.3 Å². The first-order chi connectivity index (χ1) is 13.9. The van der Waals surface area contributed by atoms with E-state index in [0.717, 1.165) is 4.90 Å². The zero-order valence-corrected chi connectivity index (χ0v) is 16.3. The first kappa shape index (κ1) is 19.2. The summed E-state index contributed by atoms with van der Waals surface area (Å²) in [5.74, 6) is -1.54. The fraction of sp³-hybridized carbons (Fsp3) is 0. The van der Waals surface area contributed by atoms with Gasteiger partial charge in [-0.2, -0.15) is 0 Å². The zero-order chi connectivity index (χ0) is 20.5. The molecule has 0 unspecified atom stereocenters. The van der Waals surface area contributed by atoms with Gasteiger partial charge in [0.1, 0.15) is 11.5 Å². The van der Waals surface area contributed by atoms with Crippen LogP contribution < -0.4 is 10.2 Å². The van der Waals surface area contributed by atoms with E-state index in [-0.39, 0.29) is 11.3 Å². The van der Waals surface area contributed by atoms with E-state index < -0.39 is 17.6 Å². The van der Waals surface area contributed by atoms with Crippen molar-refractivity contribution in [1.82, 2.24) is 0 Å². The molecule has 0 atom stereocenters. The average molecular weight is 427 g/mol. The van der Waals surface area contributed by atoms with Crippen molar-refractivity contribution in [2.75, 3.05) is 10.2 Å². The number of amides is 2. The number of nitrogens with zero attached hydrogens (tertiary/aromatic N) is 1. The Labute approximate surface area is 176 Å². The summed E-state index contributed by atoms with van der Waals surface area (Å²) >= 11 is 12.0. The van der Waals surface area contributed by atoms with Crippen LogP contribution in [0.4, 0.5) is 15.8 Å². The molecule has 0 aliphatic carbocycles. The number of carbonyl (C=O) groups is 2. The second-order valence-corrected chi connectivity index (χ2v) is 7.19. The van der Waals surface area contributed by atoms with Gasteiger partial charge in [-0.25, -0.2) is 9.29 Å². The maximum Gasteiger partial charge on any atom is 0.282 e. The summed E-state index contributed by atoms with van der Waals surface area (Å²) in [7, 11) is 0. The van der Waals surface area contributed by atoms with Crippen molar-refractivity contribution in [2.24, 2.45) is 0 Å². The Bertz CT molecular complexity index is 1160. The summed E-state index contributed by atoms with van der Waals surface area (Å²) in [6.07, 6.45) is 0. The fourth-order valence-electron chi connectivity index (χ4n) is 3.09. The largest absolute Gasteiger partial charge is 0.350 e. The van der Waals surface area contributed by atoms with E-state index in [0.29, 0.717) is 27.0 Å². The number of rotatable bonds is 4. The topological polar surface area (TPSA) is 49.4 Å². The number of halogens is 3. The number of carbonyl (C=O) groups excluding carboxylic acids is 2. The van der Waals surface area contributed by atoms with Gasteiger partial charge in [0, 0.05) is 15.7 Å². The van der Waals surface area contributed by atoms with Crippen molar-refractivity contribution in [3.05, 3.63) is 99.9 Å². The highest BCUT2D eigenvalue weighted by atomic mass is 35.5. The molecule has 1 aliphatic heterocycles. The maximum absolute atomic E-state index is 13.6. The van der Waals surface area contributed by atoms with Gasteiger partial charge in [-0.1, -0.05) is 47.5 Å². The number of benzene rings is 3. The quantitative estimate of drug-likeness (QED) is 0.558. The molecule has 0 fully saturated rings. The molecule has 0 bridgehead atoms. The second kappa shape index (κ2) is 7.70. The van der Waals surface area contributed by atoms with Gasteiger partial charge in [-0.05, 0) is 54.1 Å². The van der Waals surface area contributed by atoms with Gasteiger partial charge >= 0.3 is 0 Å². The van der Waals surface area contributed by atoms with Crippen molar-refractivity contribution < 1.29 is 14.0 Å². The molecule has 4 rings (SSSR count). The van der Waals surface area contributed by atoms with Gasteiger partial charge in [0.2, 0.25) is 0 Å². The van der Waals surface area contributed by atoms with Crippen LogP contribution in [0.2, 0.25) is 10.0 Å². The lowest BCUT2D eigenvalue weighted by molar-refractivity contribution is -0.120. The number of imide groups is 1. The fourth-order valence-corrected chi connectivity index (χ4v) is 3.40. The van der Waals surface area contributed by atoms with Crippen molar-refractivity contribution in [3.63, 3.8) is 0 Å². The van der Waals surface area contributed by atoms with Crippen LogP contribution in [0.1, 0.15) is 5.56 Å². The maximum atomic E-state index is 13.6. The van der Waals surface area contributed by atoms with E-state index in [2.05, 4.69) is 5.32 Å². The third-order valence-corrected chi connectivity index (χ3v) is 4.86. The zero-order valence-electron chi connectivity index (χ0n) is 14.8. The molecule has 2 amide bonds. The van der Waals surface area contributed by atoms with Crippen LogP contribution in [0.25, 0.3) is 5.57 Å². The summed E-state index contributed by atoms with van der Waals surface area (Å²) in [6.45, 7) is 0. The second-order valence-electron chi connectivity index (χ2n) is 6.32. The van der Waals surface area contributed by atoms with E-state index >= 15 is 0 Å². The first-order valence-electron chi connectivity index (χ1n) is 8.61. The van der Waals surface area contributed by atoms with Gasteiger partial charge in [0.25, 0.3) is 11.8 Å². The average Bonchev–Trinajstić information content (AvgIpc) is 2.92. The summed E-state index contributed by atoms with van der Waals surface area (Å²) in [6, 6.07) is 18.7. The SMILES string of the molecule is O=C1C(Nc2cccc(F)c2)=C(c2ccc(Cl)cc2)C(=O)N1c1cccc(Cl)c1. The minimum atomic E-state index is -0.563. The Balaban J connectivity index is 1.83. The Hall–Kier alpha value is -3.15. The van der Waals surface area contributed by atoms with Crippen LogP contribution in [-0.2, 0) is 9.59 Å². The lowest BCUT2D eigenvalue weighted by Gasteiger charge is -2.15. The van der Waals surface area contributed by atoms with Crippen LogP contribution in [0.5, 0.6) is 0 Å². The van der Waals surface area contributed by atoms with Gasteiger partial charge in [-0.3, -0.25) is 9.59 Å². The van der Waals surface area contributed by atoms with Crippen LogP contribution in [0.3, 0.4) is 0 Å². The smallest absolute Gasteiger partial charge is 0.282 e. The Morgan fingerprint density at radius 2 is 1.52 bits per heavy atom. The minimum absolute atomic E-state index is 0.0443. The van der Waals surface area contributed by atoms with E-state index in [9.17, 15) is 14.0 Å². The predicted octanol–water partition coefficient (Wildman–Crippen LogP) is 5.53. The van der Waals surface area contributed by atoms with E-state index in [1.807, 2.05) is 0 Å². The summed E-state index contributed by atoms with van der Waals surface area (Å²) in [5.41, 5.74) is 1.41. The number of hydrogen-bond donors (Lipinski definition) is 1. The highest BCUT2D eigenvalue weighted by Crippen LogP contribution is 2.35. The highest BCUT2D eigenvalue weighted by Gasteiger charge is 2.40. The summed E-state index contributed by atoms with van der Waals surface area (Å²) < 4.78 is 13.6. The lowest BCUT2D eigenvalue weighted by Crippen LogP contribution is -2.32. The lowest BCUT2D eigenvalue weighted by atomic mass is 10.0. The monoisotopic (exact) mass is 426 g/mol. The molecule has 4 nitrogen and oxygen atoms in total. The van der Waals surface area contributed by atoms with E-state index in [4.69, 9.17) is 23.2 Å². The first-order valence-corrected chi connectivity index (χ1v) is 9.37. The molecule has 0 saturated heterocycles. The number of anilines is 2. The summed E-state index contributed by atoms with van der Waals surface area (Å²) in [5, 5.41) is 3.79. The molecule has 1 heterocycles. The molecule has 3 aromatic carbocycles. The molecule has 1 aliphatic rings. The highest BCUT2D eigenvalue weighted by molar-refractivity contribution is 6.46. The molecular formula is C22H13Cl2FN2O2. The molecule has 7 heteroatoms. The molecular weight excluding hydrogens is 414 g/mol. The van der Waals surface area contributed by atoms with Crippen molar-refractivity contribution >= 4 is 52.0 Å². The Morgan fingerprint density at radius 3 is 2.21 bits per heavy atom. The molecule has 0 spiro atoms. The standard InChI is InChI=1S/C22H13Cl2FN2O2/c23-14-9-7-13(8-10-14)19-20(26-17-5-2-4-16(25)12-17)22(29)27(21(19)28)18-6-1-3-15(24)11-18/h1-12,26H. The van der Waals surface area contributed by atoms with Crippen LogP contribution >= 0.6 is 23.2 Å². The van der Waals surface area contributed by atoms with Gasteiger partial charge in [0.15, 0.2) is 0 Å². The molecule has 29 heavy (non-hydrogen) atoms. The minimum Gasteiger partial charge on any atom is -0.350 e. The van der Waals surface area contributed by atoms with Crippen LogP contribution in [0, 0.1) is 5.82 Å². The van der Waals surface area contributed by atoms with Crippen LogP contribution in [0.15, 0.2) is 78.5 Å². The Kier molecular flexibility index (Phi) is 5.09.